The van der Waals surface area contributed by atoms with E-state index in [1.165, 1.54) is 11.8 Å². The Kier molecular flexibility index (Phi) is 4.99. The minimum Gasteiger partial charge on any atom is -0.508 e. The van der Waals surface area contributed by atoms with Gasteiger partial charge in [-0.25, -0.2) is 4.99 Å². The van der Waals surface area contributed by atoms with E-state index in [1.54, 1.807) is 30.3 Å². The summed E-state index contributed by atoms with van der Waals surface area (Å²) in [5, 5.41) is 13.4. The topological polar surface area (TPSA) is 61.7 Å². The maximum atomic E-state index is 12.1. The molecule has 0 radical (unpaired) electrons. The predicted octanol–water partition coefficient (Wildman–Crippen LogP) is 5.01. The van der Waals surface area contributed by atoms with Gasteiger partial charge in [0.15, 0.2) is 5.17 Å². The molecule has 24 heavy (non-hydrogen) atoms. The van der Waals surface area contributed by atoms with Crippen LogP contribution < -0.4 is 5.32 Å². The van der Waals surface area contributed by atoms with Crippen molar-refractivity contribution in [2.24, 2.45) is 4.99 Å². The molecule has 1 aliphatic heterocycles. The summed E-state index contributed by atoms with van der Waals surface area (Å²) in [7, 11) is 0. The number of phenolic OH excluding ortho intramolecular Hbond substituents is 1. The van der Waals surface area contributed by atoms with Crippen LogP contribution in [-0.4, -0.2) is 16.2 Å². The molecule has 1 saturated heterocycles. The number of phenols is 1. The molecule has 0 aliphatic carbocycles. The quantitative estimate of drug-likeness (QED) is 0.668. The van der Waals surface area contributed by atoms with Crippen LogP contribution in [0.15, 0.2) is 50.8 Å². The highest BCUT2D eigenvalue weighted by Gasteiger charge is 2.24. The highest BCUT2D eigenvalue weighted by molar-refractivity contribution is 9.10. The lowest BCUT2D eigenvalue weighted by Crippen LogP contribution is -2.19. The van der Waals surface area contributed by atoms with E-state index in [-0.39, 0.29) is 11.7 Å². The maximum Gasteiger partial charge on any atom is 0.264 e. The average Bonchev–Trinajstić information content (AvgIpc) is 2.87. The molecule has 1 amide bonds. The second-order valence-electron chi connectivity index (χ2n) is 5.07. The molecule has 1 heterocycles. The zero-order valence-electron chi connectivity index (χ0n) is 12.5. The zero-order chi connectivity index (χ0) is 17.3. The average molecular weight is 424 g/mol. The monoisotopic (exact) mass is 422 g/mol. The van der Waals surface area contributed by atoms with Gasteiger partial charge in [0.05, 0.1) is 10.6 Å². The smallest absolute Gasteiger partial charge is 0.264 e. The third kappa shape index (κ3) is 3.66. The van der Waals surface area contributed by atoms with E-state index in [9.17, 15) is 9.90 Å². The van der Waals surface area contributed by atoms with Gasteiger partial charge < -0.3 is 10.4 Å². The van der Waals surface area contributed by atoms with Gasteiger partial charge in [0.2, 0.25) is 0 Å². The number of thioether (sulfide) groups is 1. The number of hydrogen-bond acceptors (Lipinski definition) is 4. The molecule has 0 bridgehead atoms. The van der Waals surface area contributed by atoms with Crippen molar-refractivity contribution in [1.82, 2.24) is 5.32 Å². The van der Waals surface area contributed by atoms with Crippen molar-refractivity contribution in [2.45, 2.75) is 6.92 Å². The first-order valence-corrected chi connectivity index (χ1v) is 8.96. The Morgan fingerprint density at radius 3 is 2.92 bits per heavy atom. The lowest BCUT2D eigenvalue weighted by atomic mass is 10.2. The minimum absolute atomic E-state index is 0.136. The Morgan fingerprint density at radius 2 is 2.12 bits per heavy atom. The van der Waals surface area contributed by atoms with Crippen LogP contribution in [0, 0.1) is 6.92 Å². The highest BCUT2D eigenvalue weighted by atomic mass is 79.9. The van der Waals surface area contributed by atoms with Gasteiger partial charge in [0.25, 0.3) is 5.91 Å². The van der Waals surface area contributed by atoms with Crippen LogP contribution in [0.2, 0.25) is 5.02 Å². The lowest BCUT2D eigenvalue weighted by molar-refractivity contribution is -0.115. The molecule has 0 saturated carbocycles. The number of amidine groups is 1. The largest absolute Gasteiger partial charge is 0.508 e. The van der Waals surface area contributed by atoms with Crippen LogP contribution in [0.25, 0.3) is 6.08 Å². The van der Waals surface area contributed by atoms with E-state index in [1.807, 2.05) is 19.1 Å². The first kappa shape index (κ1) is 17.1. The molecule has 7 heteroatoms. The minimum atomic E-state index is -0.228. The zero-order valence-corrected chi connectivity index (χ0v) is 15.7. The molecule has 1 fully saturated rings. The van der Waals surface area contributed by atoms with Crippen LogP contribution in [0.5, 0.6) is 5.75 Å². The second kappa shape index (κ2) is 7.01. The summed E-state index contributed by atoms with van der Waals surface area (Å²) in [6.45, 7) is 1.88. The van der Waals surface area contributed by atoms with Gasteiger partial charge in [-0.05, 0) is 66.2 Å². The third-order valence-corrected chi connectivity index (χ3v) is 5.42. The van der Waals surface area contributed by atoms with E-state index in [4.69, 9.17) is 11.6 Å². The van der Waals surface area contributed by atoms with Gasteiger partial charge in [-0.15, -0.1) is 0 Å². The number of carbonyl (C=O) groups is 1. The van der Waals surface area contributed by atoms with Gasteiger partial charge >= 0.3 is 0 Å². The van der Waals surface area contributed by atoms with E-state index < -0.39 is 0 Å². The van der Waals surface area contributed by atoms with E-state index in [0.29, 0.717) is 26.3 Å². The van der Waals surface area contributed by atoms with Gasteiger partial charge in [0, 0.05) is 9.50 Å². The van der Waals surface area contributed by atoms with Gasteiger partial charge in [-0.3, -0.25) is 4.79 Å². The molecule has 0 aromatic heterocycles. The molecular formula is C17H12BrClN2O2S. The van der Waals surface area contributed by atoms with Crippen molar-refractivity contribution in [3.8, 4) is 5.75 Å². The summed E-state index contributed by atoms with van der Waals surface area (Å²) < 4.78 is 0.789. The first-order valence-electron chi connectivity index (χ1n) is 6.97. The lowest BCUT2D eigenvalue weighted by Gasteiger charge is -2.02. The fraction of sp³-hybridized carbons (Fsp3) is 0.0588. The number of hydrogen-bond donors (Lipinski definition) is 2. The number of aliphatic imine (C=N–C) groups is 1. The Hall–Kier alpha value is -1.76. The number of halogens is 2. The van der Waals surface area contributed by atoms with Crippen molar-refractivity contribution in [3.63, 3.8) is 0 Å². The Balaban J connectivity index is 1.91. The van der Waals surface area contributed by atoms with Crippen molar-refractivity contribution >= 4 is 62.1 Å². The van der Waals surface area contributed by atoms with Crippen molar-refractivity contribution in [1.29, 1.82) is 0 Å². The van der Waals surface area contributed by atoms with Gasteiger partial charge in [-0.2, -0.15) is 0 Å². The third-order valence-electron chi connectivity index (χ3n) is 3.38. The Morgan fingerprint density at radius 1 is 1.33 bits per heavy atom. The molecule has 0 spiro atoms. The van der Waals surface area contributed by atoms with Crippen LogP contribution >= 0.6 is 39.3 Å². The SMILES string of the molecule is Cc1c(Cl)cccc1N=C1NC(=O)/C(=C/c2cc(O)ccc2Br)S1. The van der Waals surface area contributed by atoms with Crippen molar-refractivity contribution in [3.05, 3.63) is 61.9 Å². The summed E-state index contributed by atoms with van der Waals surface area (Å²) in [4.78, 5) is 17.1. The normalized spacial score (nSPS) is 17.5. The molecule has 2 aromatic carbocycles. The van der Waals surface area contributed by atoms with Crippen LogP contribution in [0.3, 0.4) is 0 Å². The first-order chi connectivity index (χ1) is 11.4. The number of benzene rings is 2. The molecule has 4 nitrogen and oxygen atoms in total. The fourth-order valence-electron chi connectivity index (χ4n) is 2.09. The summed E-state index contributed by atoms with van der Waals surface area (Å²) in [6, 6.07) is 10.3. The molecule has 0 unspecified atom stereocenters. The molecule has 122 valence electrons. The summed E-state index contributed by atoms with van der Waals surface area (Å²) in [6.07, 6.45) is 1.71. The summed E-state index contributed by atoms with van der Waals surface area (Å²) in [5.41, 5.74) is 2.28. The number of aromatic hydroxyl groups is 1. The van der Waals surface area contributed by atoms with Crippen molar-refractivity contribution in [2.75, 3.05) is 0 Å². The number of amides is 1. The van der Waals surface area contributed by atoms with Gasteiger partial charge in [-0.1, -0.05) is 33.6 Å². The molecule has 2 aromatic rings. The fourth-order valence-corrected chi connectivity index (χ4v) is 3.45. The number of rotatable bonds is 2. The van der Waals surface area contributed by atoms with Crippen LogP contribution in [-0.2, 0) is 4.79 Å². The summed E-state index contributed by atoms with van der Waals surface area (Å²) in [5.74, 6) is -0.0921. The summed E-state index contributed by atoms with van der Waals surface area (Å²) >= 11 is 10.7. The molecule has 1 aliphatic rings. The van der Waals surface area contributed by atoms with E-state index >= 15 is 0 Å². The van der Waals surface area contributed by atoms with Crippen molar-refractivity contribution < 1.29 is 9.90 Å². The Labute approximate surface area is 156 Å². The van der Waals surface area contributed by atoms with Gasteiger partial charge in [0.1, 0.15) is 5.75 Å². The van der Waals surface area contributed by atoms with Crippen LogP contribution in [0.4, 0.5) is 5.69 Å². The maximum absolute atomic E-state index is 12.1. The Bertz CT molecular complexity index is 896. The second-order valence-corrected chi connectivity index (χ2v) is 7.36. The highest BCUT2D eigenvalue weighted by Crippen LogP contribution is 2.32. The predicted molar refractivity (Wildman–Crippen MR) is 103 cm³/mol. The van der Waals surface area contributed by atoms with E-state index in [2.05, 4.69) is 26.2 Å². The standard InChI is InChI=1S/C17H12BrClN2O2S/c1-9-13(19)3-2-4-14(9)20-17-21-16(23)15(24-17)8-10-7-11(22)5-6-12(10)18/h2-8,22H,1H3,(H,20,21,23)/b15-8-. The molecular weight excluding hydrogens is 412 g/mol. The number of nitrogens with zero attached hydrogens (tertiary/aromatic N) is 1. The van der Waals surface area contributed by atoms with E-state index in [0.717, 1.165) is 10.0 Å². The number of carbonyl (C=O) groups excluding carboxylic acids is 1. The van der Waals surface area contributed by atoms with Crippen LogP contribution in [0.1, 0.15) is 11.1 Å². The molecule has 0 atom stereocenters. The molecule has 2 N–H and O–H groups in total. The molecule has 3 rings (SSSR count). The number of nitrogens with one attached hydrogen (secondary N) is 1.